The zero-order chi connectivity index (χ0) is 17.5. The van der Waals surface area contributed by atoms with Gasteiger partial charge in [-0.25, -0.2) is 0 Å². The minimum absolute atomic E-state index is 0.0180. The number of H-pyrrole nitrogens is 1. The van der Waals surface area contributed by atoms with Crippen molar-refractivity contribution in [3.63, 3.8) is 0 Å². The molecular weight excluding hydrogens is 329 g/mol. The van der Waals surface area contributed by atoms with Crippen molar-refractivity contribution in [1.82, 2.24) is 10.3 Å². The fourth-order valence-electron chi connectivity index (χ4n) is 2.47. The van der Waals surface area contributed by atoms with Crippen molar-refractivity contribution in [2.24, 2.45) is 0 Å². The molecule has 1 aromatic heterocycles. The molecule has 128 valence electrons. The van der Waals surface area contributed by atoms with Gasteiger partial charge in [0, 0.05) is 5.52 Å². The second kappa shape index (κ2) is 5.91. The van der Waals surface area contributed by atoms with E-state index in [1.165, 1.54) is 12.1 Å². The Morgan fingerprint density at radius 3 is 2.67 bits per heavy atom. The minimum Gasteiger partial charge on any atom is -0.388 e. The van der Waals surface area contributed by atoms with E-state index < -0.39 is 35.4 Å². The van der Waals surface area contributed by atoms with Gasteiger partial charge in [0.15, 0.2) is 0 Å². The molecule has 0 spiro atoms. The maximum absolute atomic E-state index is 12.7. The Hall–Kier alpha value is -2.39. The molecule has 1 aromatic carbocycles. The number of carbonyl (C=O) groups excluding carboxylic acids is 1. The molecular formula is C15H13F3N2O4. The van der Waals surface area contributed by atoms with Crippen molar-refractivity contribution >= 4 is 16.8 Å². The molecule has 3 N–H and O–H groups in total. The summed E-state index contributed by atoms with van der Waals surface area (Å²) >= 11 is 0. The first-order valence-electron chi connectivity index (χ1n) is 7.06. The van der Waals surface area contributed by atoms with Crippen molar-refractivity contribution in [3.8, 4) is 0 Å². The molecule has 1 aliphatic rings. The predicted octanol–water partition coefficient (Wildman–Crippen LogP) is 1.04. The van der Waals surface area contributed by atoms with E-state index in [1.807, 2.05) is 0 Å². The molecule has 0 radical (unpaired) electrons. The Labute approximate surface area is 133 Å². The third-order valence-electron chi connectivity index (χ3n) is 3.78. The molecule has 3 rings (SSSR count). The normalized spacial score (nSPS) is 21.2. The average Bonchev–Trinajstić information content (AvgIpc) is 2.90. The van der Waals surface area contributed by atoms with Crippen LogP contribution in [0.2, 0.25) is 0 Å². The van der Waals surface area contributed by atoms with E-state index in [4.69, 9.17) is 4.74 Å². The third-order valence-corrected chi connectivity index (χ3v) is 3.78. The van der Waals surface area contributed by atoms with E-state index in [0.29, 0.717) is 0 Å². The van der Waals surface area contributed by atoms with Crippen LogP contribution in [0.25, 0.3) is 10.9 Å². The molecule has 0 unspecified atom stereocenters. The first-order chi connectivity index (χ1) is 11.3. The van der Waals surface area contributed by atoms with Crippen LogP contribution in [0.3, 0.4) is 0 Å². The molecule has 24 heavy (non-hydrogen) atoms. The number of amides is 1. The van der Waals surface area contributed by atoms with Crippen LogP contribution in [-0.2, 0) is 10.9 Å². The van der Waals surface area contributed by atoms with Crippen molar-refractivity contribution in [2.45, 2.75) is 18.3 Å². The quantitative estimate of drug-likeness (QED) is 0.760. The van der Waals surface area contributed by atoms with Gasteiger partial charge in [0.2, 0.25) is 0 Å². The van der Waals surface area contributed by atoms with Gasteiger partial charge in [-0.1, -0.05) is 6.07 Å². The summed E-state index contributed by atoms with van der Waals surface area (Å²) in [5.74, 6) is -0.729. The fourth-order valence-corrected chi connectivity index (χ4v) is 2.47. The van der Waals surface area contributed by atoms with Crippen LogP contribution in [0.4, 0.5) is 13.2 Å². The Kier molecular flexibility index (Phi) is 4.06. The zero-order valence-electron chi connectivity index (χ0n) is 12.2. The second-order valence-electron chi connectivity index (χ2n) is 5.50. The van der Waals surface area contributed by atoms with Gasteiger partial charge in [0.25, 0.3) is 11.5 Å². The van der Waals surface area contributed by atoms with Crippen LogP contribution < -0.4 is 10.9 Å². The molecule has 2 aromatic rings. The standard InChI is InChI=1S/C15H13F3N2O4/c16-15(17,18)8-2-1-7-3-9(13(22)19-10(7)4-8)14(23)20-11-5-24-6-12(11)21/h1-4,11-12,21H,5-6H2,(H,19,22)(H,20,23)/t11-,12+/m0/s1. The number of rotatable bonds is 2. The Morgan fingerprint density at radius 2 is 2.04 bits per heavy atom. The van der Waals surface area contributed by atoms with Gasteiger partial charge in [-0.2, -0.15) is 13.2 Å². The summed E-state index contributed by atoms with van der Waals surface area (Å²) in [7, 11) is 0. The number of carbonyl (C=O) groups is 1. The van der Waals surface area contributed by atoms with Crippen LogP contribution in [0, 0.1) is 0 Å². The summed E-state index contributed by atoms with van der Waals surface area (Å²) in [6, 6.07) is 3.44. The van der Waals surface area contributed by atoms with Gasteiger partial charge >= 0.3 is 6.18 Å². The van der Waals surface area contributed by atoms with E-state index >= 15 is 0 Å². The molecule has 2 heterocycles. The Bertz CT molecular complexity index is 847. The fraction of sp³-hybridized carbons (Fsp3) is 0.333. The highest BCUT2D eigenvalue weighted by atomic mass is 19.4. The van der Waals surface area contributed by atoms with Crippen molar-refractivity contribution in [2.75, 3.05) is 13.2 Å². The number of hydrogen-bond donors (Lipinski definition) is 3. The second-order valence-corrected chi connectivity index (χ2v) is 5.50. The SMILES string of the molecule is O=C(N[C@H]1COC[C@H]1O)c1cc2ccc(C(F)(F)F)cc2[nH]c1=O. The van der Waals surface area contributed by atoms with E-state index in [1.54, 1.807) is 0 Å². The number of halogens is 3. The number of benzene rings is 1. The zero-order valence-corrected chi connectivity index (χ0v) is 12.2. The molecule has 6 nitrogen and oxygen atoms in total. The minimum atomic E-state index is -4.53. The monoisotopic (exact) mass is 342 g/mol. The number of aromatic nitrogens is 1. The molecule has 0 aliphatic carbocycles. The summed E-state index contributed by atoms with van der Waals surface area (Å²) in [6.07, 6.45) is -5.40. The highest BCUT2D eigenvalue weighted by molar-refractivity contribution is 5.97. The van der Waals surface area contributed by atoms with Crippen molar-refractivity contribution in [3.05, 3.63) is 45.7 Å². The van der Waals surface area contributed by atoms with Gasteiger partial charge < -0.3 is 20.1 Å². The number of ether oxygens (including phenoxy) is 1. The van der Waals surface area contributed by atoms with E-state index in [9.17, 15) is 27.9 Å². The van der Waals surface area contributed by atoms with E-state index in [-0.39, 0.29) is 29.7 Å². The largest absolute Gasteiger partial charge is 0.416 e. The van der Waals surface area contributed by atoms with Gasteiger partial charge in [-0.15, -0.1) is 0 Å². The van der Waals surface area contributed by atoms with Crippen LogP contribution >= 0.6 is 0 Å². The number of aromatic amines is 1. The number of hydrogen-bond acceptors (Lipinski definition) is 4. The highest BCUT2D eigenvalue weighted by Crippen LogP contribution is 2.30. The molecule has 1 aliphatic heterocycles. The highest BCUT2D eigenvalue weighted by Gasteiger charge is 2.31. The number of aliphatic hydroxyl groups is 1. The molecule has 1 fully saturated rings. The van der Waals surface area contributed by atoms with E-state index in [0.717, 1.165) is 12.1 Å². The number of pyridine rings is 1. The maximum atomic E-state index is 12.7. The predicted molar refractivity (Wildman–Crippen MR) is 77.7 cm³/mol. The molecule has 0 bridgehead atoms. The molecule has 0 saturated carbocycles. The number of alkyl halides is 3. The van der Waals surface area contributed by atoms with Gasteiger partial charge in [-0.3, -0.25) is 9.59 Å². The third kappa shape index (κ3) is 3.13. The summed E-state index contributed by atoms with van der Waals surface area (Å²) in [4.78, 5) is 26.4. The van der Waals surface area contributed by atoms with Crippen molar-refractivity contribution < 1.29 is 27.8 Å². The van der Waals surface area contributed by atoms with Crippen LogP contribution in [-0.4, -0.2) is 41.4 Å². The average molecular weight is 342 g/mol. The Balaban J connectivity index is 1.93. The lowest BCUT2D eigenvalue weighted by Gasteiger charge is -2.14. The molecule has 1 amide bonds. The number of fused-ring (bicyclic) bond motifs is 1. The van der Waals surface area contributed by atoms with Gasteiger partial charge in [0.05, 0.1) is 30.9 Å². The van der Waals surface area contributed by atoms with Gasteiger partial charge in [-0.05, 0) is 23.6 Å². The molecule has 1 saturated heterocycles. The lowest BCUT2D eigenvalue weighted by atomic mass is 10.1. The lowest BCUT2D eigenvalue weighted by molar-refractivity contribution is -0.137. The Morgan fingerprint density at radius 1 is 1.29 bits per heavy atom. The van der Waals surface area contributed by atoms with E-state index in [2.05, 4.69) is 10.3 Å². The maximum Gasteiger partial charge on any atom is 0.416 e. The topological polar surface area (TPSA) is 91.4 Å². The van der Waals surface area contributed by atoms with Gasteiger partial charge in [0.1, 0.15) is 5.56 Å². The summed E-state index contributed by atoms with van der Waals surface area (Å²) in [5, 5.41) is 12.4. The molecule has 9 heteroatoms. The lowest BCUT2D eigenvalue weighted by Crippen LogP contribution is -2.44. The van der Waals surface area contributed by atoms with Crippen LogP contribution in [0.5, 0.6) is 0 Å². The van der Waals surface area contributed by atoms with Crippen LogP contribution in [0.1, 0.15) is 15.9 Å². The summed E-state index contributed by atoms with van der Waals surface area (Å²) in [6.45, 7) is 0.201. The molecule has 2 atom stereocenters. The first-order valence-corrected chi connectivity index (χ1v) is 7.06. The number of nitrogens with one attached hydrogen (secondary N) is 2. The number of aliphatic hydroxyl groups excluding tert-OH is 1. The first kappa shape index (κ1) is 16.5. The smallest absolute Gasteiger partial charge is 0.388 e. The van der Waals surface area contributed by atoms with Crippen LogP contribution in [0.15, 0.2) is 29.1 Å². The summed E-state index contributed by atoms with van der Waals surface area (Å²) in [5.41, 5.74) is -1.97. The van der Waals surface area contributed by atoms with Crippen molar-refractivity contribution in [1.29, 1.82) is 0 Å². The summed E-state index contributed by atoms with van der Waals surface area (Å²) < 4.78 is 43.1.